The fraction of sp³-hybridized carbons (Fsp3) is 0.750. The van der Waals surface area contributed by atoms with Gasteiger partial charge in [-0.1, -0.05) is 5.92 Å². The van der Waals surface area contributed by atoms with Crippen LogP contribution in [0.5, 0.6) is 0 Å². The molecule has 1 saturated heterocycles. The van der Waals surface area contributed by atoms with Crippen molar-refractivity contribution in [3.63, 3.8) is 0 Å². The van der Waals surface area contributed by atoms with Crippen LogP contribution < -0.4 is 10.6 Å². The Labute approximate surface area is 97.1 Å². The molecule has 1 unspecified atom stereocenters. The van der Waals surface area contributed by atoms with Crippen LogP contribution in [0.15, 0.2) is 0 Å². The first kappa shape index (κ1) is 13.0. The van der Waals surface area contributed by atoms with Gasteiger partial charge in [-0.05, 0) is 38.8 Å². The Bertz CT molecular complexity index is 254. The smallest absolute Gasteiger partial charge is 0.249 e. The summed E-state index contributed by atoms with van der Waals surface area (Å²) in [5.74, 6) is 2.80. The number of amides is 1. The van der Waals surface area contributed by atoms with Crippen LogP contribution in [-0.4, -0.2) is 38.3 Å². The highest BCUT2D eigenvalue weighted by Gasteiger charge is 2.17. The van der Waals surface area contributed by atoms with E-state index in [-0.39, 0.29) is 12.5 Å². The number of hydrogen-bond acceptors (Lipinski definition) is 3. The molecule has 1 aliphatic heterocycles. The summed E-state index contributed by atoms with van der Waals surface area (Å²) in [6.07, 6.45) is 6.89. The van der Waals surface area contributed by atoms with E-state index in [0.717, 1.165) is 25.9 Å². The molecule has 0 radical (unpaired) electrons. The average molecular weight is 224 g/mol. The molecule has 1 heterocycles. The van der Waals surface area contributed by atoms with Crippen molar-refractivity contribution in [2.45, 2.75) is 25.9 Å². The number of terminal acetylenes is 1. The van der Waals surface area contributed by atoms with Gasteiger partial charge in [0, 0.05) is 0 Å². The van der Waals surface area contributed by atoms with Gasteiger partial charge >= 0.3 is 0 Å². The maximum absolute atomic E-state index is 11.4. The first-order chi connectivity index (χ1) is 7.74. The summed E-state index contributed by atoms with van der Waals surface area (Å²) in [6, 6.07) is 0. The van der Waals surface area contributed by atoms with E-state index in [1.165, 1.54) is 0 Å². The first-order valence-corrected chi connectivity index (χ1v) is 5.77. The lowest BCUT2D eigenvalue weighted by molar-refractivity contribution is -0.132. The highest BCUT2D eigenvalue weighted by Crippen LogP contribution is 2.12. The zero-order chi connectivity index (χ0) is 11.8. The minimum absolute atomic E-state index is 0.133. The van der Waals surface area contributed by atoms with Crippen molar-refractivity contribution in [1.82, 2.24) is 10.6 Å². The first-order valence-electron chi connectivity index (χ1n) is 5.77. The predicted octanol–water partition coefficient (Wildman–Crippen LogP) is 0.140. The normalized spacial score (nSPS) is 18.8. The fourth-order valence-corrected chi connectivity index (χ4v) is 1.69. The summed E-state index contributed by atoms with van der Waals surface area (Å²) in [4.78, 5) is 11.4. The third-order valence-electron chi connectivity index (χ3n) is 2.77. The van der Waals surface area contributed by atoms with Gasteiger partial charge < -0.3 is 15.4 Å². The molecule has 0 spiro atoms. The van der Waals surface area contributed by atoms with Crippen molar-refractivity contribution >= 4 is 5.91 Å². The van der Waals surface area contributed by atoms with Gasteiger partial charge in [0.05, 0.1) is 13.2 Å². The molecule has 2 N–H and O–H groups in total. The van der Waals surface area contributed by atoms with Crippen LogP contribution in [0.3, 0.4) is 0 Å². The highest BCUT2D eigenvalue weighted by atomic mass is 16.5. The Balaban J connectivity index is 2.15. The maximum Gasteiger partial charge on any atom is 0.249 e. The number of rotatable bonds is 5. The SMILES string of the molecule is C#CCNC(=O)C(C)OCC1CCNCC1. The molecule has 16 heavy (non-hydrogen) atoms. The molecule has 0 aromatic rings. The summed E-state index contributed by atoms with van der Waals surface area (Å²) >= 11 is 0. The van der Waals surface area contributed by atoms with Crippen LogP contribution in [0, 0.1) is 18.3 Å². The number of ether oxygens (including phenoxy) is 1. The van der Waals surface area contributed by atoms with Gasteiger partial charge in [0.1, 0.15) is 6.10 Å². The van der Waals surface area contributed by atoms with Crippen molar-refractivity contribution < 1.29 is 9.53 Å². The molecule has 0 saturated carbocycles. The summed E-state index contributed by atoms with van der Waals surface area (Å²) in [5, 5.41) is 5.90. The lowest BCUT2D eigenvalue weighted by atomic mass is 9.99. The number of carbonyl (C=O) groups is 1. The minimum atomic E-state index is -0.414. The standard InChI is InChI=1S/C12H20N2O2/c1-3-6-14-12(15)10(2)16-9-11-4-7-13-8-5-11/h1,10-11,13H,4-9H2,2H3,(H,14,15). The van der Waals surface area contributed by atoms with E-state index in [4.69, 9.17) is 11.2 Å². The Morgan fingerprint density at radius 2 is 2.31 bits per heavy atom. The number of hydrogen-bond donors (Lipinski definition) is 2. The second-order valence-electron chi connectivity index (χ2n) is 4.09. The largest absolute Gasteiger partial charge is 0.368 e. The molecule has 1 rings (SSSR count). The highest BCUT2D eigenvalue weighted by molar-refractivity contribution is 5.80. The molecule has 0 aliphatic carbocycles. The van der Waals surface area contributed by atoms with Crippen LogP contribution in [-0.2, 0) is 9.53 Å². The summed E-state index contributed by atoms with van der Waals surface area (Å²) in [6.45, 7) is 4.77. The van der Waals surface area contributed by atoms with E-state index in [2.05, 4.69) is 16.6 Å². The second kappa shape index (κ2) is 7.26. The molecule has 0 bridgehead atoms. The van der Waals surface area contributed by atoms with Crippen molar-refractivity contribution in [2.75, 3.05) is 26.2 Å². The van der Waals surface area contributed by atoms with E-state index in [0.29, 0.717) is 12.5 Å². The lowest BCUT2D eigenvalue weighted by Gasteiger charge is -2.23. The Morgan fingerprint density at radius 3 is 2.94 bits per heavy atom. The van der Waals surface area contributed by atoms with Crippen LogP contribution in [0.4, 0.5) is 0 Å². The molecule has 0 aromatic heterocycles. The molecule has 1 atom stereocenters. The van der Waals surface area contributed by atoms with Crippen LogP contribution in [0.1, 0.15) is 19.8 Å². The molecule has 1 amide bonds. The number of carbonyl (C=O) groups excluding carboxylic acids is 1. The molecule has 1 fully saturated rings. The van der Waals surface area contributed by atoms with Crippen LogP contribution in [0.2, 0.25) is 0 Å². The monoisotopic (exact) mass is 224 g/mol. The zero-order valence-electron chi connectivity index (χ0n) is 9.79. The van der Waals surface area contributed by atoms with Gasteiger partial charge in [-0.3, -0.25) is 4.79 Å². The van der Waals surface area contributed by atoms with E-state index >= 15 is 0 Å². The van der Waals surface area contributed by atoms with Crippen molar-refractivity contribution in [3.05, 3.63) is 0 Å². The minimum Gasteiger partial charge on any atom is -0.368 e. The summed E-state index contributed by atoms with van der Waals surface area (Å²) in [5.41, 5.74) is 0. The maximum atomic E-state index is 11.4. The molecule has 4 heteroatoms. The van der Waals surface area contributed by atoms with Crippen LogP contribution in [0.25, 0.3) is 0 Å². The second-order valence-corrected chi connectivity index (χ2v) is 4.09. The fourth-order valence-electron chi connectivity index (χ4n) is 1.69. The predicted molar refractivity (Wildman–Crippen MR) is 62.9 cm³/mol. The van der Waals surface area contributed by atoms with Crippen molar-refractivity contribution in [2.24, 2.45) is 5.92 Å². The van der Waals surface area contributed by atoms with Crippen LogP contribution >= 0.6 is 0 Å². The molecular weight excluding hydrogens is 204 g/mol. The molecule has 90 valence electrons. The number of piperidine rings is 1. The summed E-state index contributed by atoms with van der Waals surface area (Å²) in [7, 11) is 0. The van der Waals surface area contributed by atoms with E-state index in [1.807, 2.05) is 0 Å². The Hall–Kier alpha value is -1.05. The molecule has 0 aromatic carbocycles. The van der Waals surface area contributed by atoms with Gasteiger partial charge in [-0.15, -0.1) is 6.42 Å². The third-order valence-corrected chi connectivity index (χ3v) is 2.77. The van der Waals surface area contributed by atoms with Gasteiger partial charge in [-0.2, -0.15) is 0 Å². The summed E-state index contributed by atoms with van der Waals surface area (Å²) < 4.78 is 5.53. The average Bonchev–Trinajstić information content (AvgIpc) is 2.34. The van der Waals surface area contributed by atoms with Gasteiger partial charge in [0.2, 0.25) is 5.91 Å². The molecule has 4 nitrogen and oxygen atoms in total. The van der Waals surface area contributed by atoms with E-state index in [1.54, 1.807) is 6.92 Å². The Kier molecular flexibility index (Phi) is 5.91. The lowest BCUT2D eigenvalue weighted by Crippen LogP contribution is -2.37. The molecular formula is C12H20N2O2. The van der Waals surface area contributed by atoms with E-state index < -0.39 is 6.10 Å². The third kappa shape index (κ3) is 4.65. The van der Waals surface area contributed by atoms with Gasteiger partial charge in [0.25, 0.3) is 0 Å². The van der Waals surface area contributed by atoms with Gasteiger partial charge in [0.15, 0.2) is 0 Å². The quantitative estimate of drug-likeness (QED) is 0.653. The molecule has 1 aliphatic rings. The van der Waals surface area contributed by atoms with Crippen molar-refractivity contribution in [3.8, 4) is 12.3 Å². The van der Waals surface area contributed by atoms with Crippen molar-refractivity contribution in [1.29, 1.82) is 0 Å². The van der Waals surface area contributed by atoms with E-state index in [9.17, 15) is 4.79 Å². The number of nitrogens with one attached hydrogen (secondary N) is 2. The van der Waals surface area contributed by atoms with Gasteiger partial charge in [-0.25, -0.2) is 0 Å². The topological polar surface area (TPSA) is 50.4 Å². The Morgan fingerprint density at radius 1 is 1.62 bits per heavy atom. The zero-order valence-corrected chi connectivity index (χ0v) is 9.79.